The predicted molar refractivity (Wildman–Crippen MR) is 70.2 cm³/mol. The minimum atomic E-state index is 0.410. The predicted octanol–water partition coefficient (Wildman–Crippen LogP) is 2.55. The molecule has 0 aromatic heterocycles. The van der Waals surface area contributed by atoms with Crippen molar-refractivity contribution in [3.8, 4) is 17.6 Å². The van der Waals surface area contributed by atoms with E-state index in [0.717, 1.165) is 25.2 Å². The van der Waals surface area contributed by atoms with Gasteiger partial charge in [0.1, 0.15) is 5.75 Å². The summed E-state index contributed by atoms with van der Waals surface area (Å²) in [6.45, 7) is 2.70. The third kappa shape index (κ3) is 2.62. The van der Waals surface area contributed by atoms with Gasteiger partial charge in [-0.15, -0.1) is 11.8 Å². The van der Waals surface area contributed by atoms with Gasteiger partial charge in [-0.3, -0.25) is 0 Å². The molecular formula is C15H19NO. The molecule has 90 valence electrons. The van der Waals surface area contributed by atoms with Crippen LogP contribution in [0.4, 0.5) is 0 Å². The van der Waals surface area contributed by atoms with Crippen molar-refractivity contribution in [2.24, 2.45) is 0 Å². The number of nitrogens with one attached hydrogen (secondary N) is 1. The highest BCUT2D eigenvalue weighted by Gasteiger charge is 2.27. The van der Waals surface area contributed by atoms with Crippen LogP contribution in [-0.4, -0.2) is 19.7 Å². The molecule has 0 amide bonds. The van der Waals surface area contributed by atoms with Crippen LogP contribution in [0.5, 0.6) is 5.75 Å². The number of para-hydroxylation sites is 1. The molecule has 17 heavy (non-hydrogen) atoms. The summed E-state index contributed by atoms with van der Waals surface area (Å²) >= 11 is 0. The maximum absolute atomic E-state index is 5.69. The number of fused-ring (bicyclic) bond motifs is 1. The molecule has 0 fully saturated rings. The van der Waals surface area contributed by atoms with Crippen molar-refractivity contribution in [3.05, 3.63) is 29.8 Å². The maximum atomic E-state index is 5.69. The highest BCUT2D eigenvalue weighted by molar-refractivity contribution is 5.38. The van der Waals surface area contributed by atoms with Crippen LogP contribution in [0.2, 0.25) is 0 Å². The van der Waals surface area contributed by atoms with Gasteiger partial charge in [-0.2, -0.15) is 0 Å². The number of hydrogen-bond acceptors (Lipinski definition) is 2. The molecule has 0 saturated carbocycles. The number of rotatable bonds is 3. The molecule has 1 aromatic carbocycles. The lowest BCUT2D eigenvalue weighted by molar-refractivity contribution is 0.248. The van der Waals surface area contributed by atoms with Crippen LogP contribution in [-0.2, 0) is 0 Å². The van der Waals surface area contributed by atoms with Gasteiger partial charge in [0, 0.05) is 18.4 Å². The molecule has 1 N–H and O–H groups in total. The smallest absolute Gasteiger partial charge is 0.122 e. The summed E-state index contributed by atoms with van der Waals surface area (Å²) in [5.41, 5.74) is 1.32. The van der Waals surface area contributed by atoms with Crippen LogP contribution in [0, 0.1) is 11.8 Å². The molecule has 0 spiro atoms. The second kappa shape index (κ2) is 5.75. The zero-order valence-electron chi connectivity index (χ0n) is 10.5. The van der Waals surface area contributed by atoms with Crippen LogP contribution in [0.3, 0.4) is 0 Å². The van der Waals surface area contributed by atoms with Gasteiger partial charge in [-0.1, -0.05) is 18.2 Å². The Kier molecular flexibility index (Phi) is 4.06. The van der Waals surface area contributed by atoms with Crippen LogP contribution < -0.4 is 10.1 Å². The highest BCUT2D eigenvalue weighted by atomic mass is 16.5. The van der Waals surface area contributed by atoms with E-state index in [4.69, 9.17) is 4.74 Å². The Balaban J connectivity index is 2.23. The Labute approximate surface area is 103 Å². The van der Waals surface area contributed by atoms with Crippen molar-refractivity contribution in [2.45, 2.75) is 31.7 Å². The molecule has 2 rings (SSSR count). The van der Waals surface area contributed by atoms with Gasteiger partial charge in [-0.05, 0) is 32.0 Å². The standard InChI is InChI=1S/C15H19NO/c1-3-4-8-14(16-2)12-10-11-17-15-9-6-5-7-13(12)15/h5-7,9,12,14,16H,8,10-11H2,1-2H3. The van der Waals surface area contributed by atoms with Gasteiger partial charge in [0.2, 0.25) is 0 Å². The normalized spacial score (nSPS) is 19.5. The van der Waals surface area contributed by atoms with Gasteiger partial charge >= 0.3 is 0 Å². The number of likely N-dealkylation sites (N-methyl/N-ethyl adjacent to an activating group) is 1. The second-order valence-corrected chi connectivity index (χ2v) is 4.31. The Bertz CT molecular complexity index is 430. The molecule has 0 saturated heterocycles. The topological polar surface area (TPSA) is 21.3 Å². The first kappa shape index (κ1) is 12.0. The molecule has 1 aliphatic rings. The molecule has 1 aliphatic heterocycles. The van der Waals surface area contributed by atoms with Crippen molar-refractivity contribution < 1.29 is 4.74 Å². The Morgan fingerprint density at radius 2 is 2.29 bits per heavy atom. The number of ether oxygens (including phenoxy) is 1. The van der Waals surface area contributed by atoms with E-state index < -0.39 is 0 Å². The van der Waals surface area contributed by atoms with E-state index >= 15 is 0 Å². The van der Waals surface area contributed by atoms with E-state index in [2.05, 4.69) is 35.4 Å². The van der Waals surface area contributed by atoms with Gasteiger partial charge < -0.3 is 10.1 Å². The number of hydrogen-bond donors (Lipinski definition) is 1. The summed E-state index contributed by atoms with van der Waals surface area (Å²) in [6.07, 6.45) is 1.96. The van der Waals surface area contributed by atoms with Crippen molar-refractivity contribution in [2.75, 3.05) is 13.7 Å². The largest absolute Gasteiger partial charge is 0.493 e. The SMILES string of the molecule is CC#CCC(NC)C1CCOc2ccccc21. The molecular weight excluding hydrogens is 210 g/mol. The van der Waals surface area contributed by atoms with Gasteiger partial charge in [0.15, 0.2) is 0 Å². The van der Waals surface area contributed by atoms with Crippen LogP contribution >= 0.6 is 0 Å². The van der Waals surface area contributed by atoms with Crippen molar-refractivity contribution in [1.29, 1.82) is 0 Å². The first-order valence-electron chi connectivity index (χ1n) is 6.15. The average Bonchev–Trinajstić information content (AvgIpc) is 2.40. The Morgan fingerprint density at radius 3 is 3.06 bits per heavy atom. The molecule has 1 aromatic rings. The summed E-state index contributed by atoms with van der Waals surface area (Å²) in [4.78, 5) is 0. The maximum Gasteiger partial charge on any atom is 0.122 e. The van der Waals surface area contributed by atoms with Crippen molar-refractivity contribution in [1.82, 2.24) is 5.32 Å². The quantitative estimate of drug-likeness (QED) is 0.804. The fourth-order valence-electron chi connectivity index (χ4n) is 2.45. The van der Waals surface area contributed by atoms with E-state index in [1.165, 1.54) is 5.56 Å². The molecule has 2 atom stereocenters. The minimum absolute atomic E-state index is 0.410. The van der Waals surface area contributed by atoms with Crippen molar-refractivity contribution in [3.63, 3.8) is 0 Å². The minimum Gasteiger partial charge on any atom is -0.493 e. The number of benzene rings is 1. The monoisotopic (exact) mass is 229 g/mol. The van der Waals surface area contributed by atoms with Gasteiger partial charge in [0.05, 0.1) is 6.61 Å². The van der Waals surface area contributed by atoms with Gasteiger partial charge in [0.25, 0.3) is 0 Å². The zero-order chi connectivity index (χ0) is 12.1. The fourth-order valence-corrected chi connectivity index (χ4v) is 2.45. The Hall–Kier alpha value is -1.46. The van der Waals surface area contributed by atoms with Crippen molar-refractivity contribution >= 4 is 0 Å². The van der Waals surface area contributed by atoms with Gasteiger partial charge in [-0.25, -0.2) is 0 Å². The lowest BCUT2D eigenvalue weighted by Crippen LogP contribution is -2.34. The molecule has 2 unspecified atom stereocenters. The third-order valence-electron chi connectivity index (χ3n) is 3.36. The molecule has 0 radical (unpaired) electrons. The molecule has 0 aliphatic carbocycles. The third-order valence-corrected chi connectivity index (χ3v) is 3.36. The molecule has 2 heteroatoms. The lowest BCUT2D eigenvalue weighted by atomic mass is 9.85. The first-order chi connectivity index (χ1) is 8.36. The Morgan fingerprint density at radius 1 is 1.47 bits per heavy atom. The second-order valence-electron chi connectivity index (χ2n) is 4.31. The van der Waals surface area contributed by atoms with Crippen LogP contribution in [0.1, 0.15) is 31.2 Å². The summed E-state index contributed by atoms with van der Waals surface area (Å²) in [5.74, 6) is 7.69. The van der Waals surface area contributed by atoms with Crippen LogP contribution in [0.25, 0.3) is 0 Å². The van der Waals surface area contributed by atoms with E-state index in [9.17, 15) is 0 Å². The summed E-state index contributed by atoms with van der Waals surface area (Å²) in [7, 11) is 2.01. The molecule has 2 nitrogen and oxygen atoms in total. The molecule has 1 heterocycles. The van der Waals surface area contributed by atoms with Crippen LogP contribution in [0.15, 0.2) is 24.3 Å². The van der Waals surface area contributed by atoms with E-state index in [0.29, 0.717) is 12.0 Å². The highest BCUT2D eigenvalue weighted by Crippen LogP contribution is 2.36. The summed E-state index contributed by atoms with van der Waals surface area (Å²) in [6, 6.07) is 8.75. The average molecular weight is 229 g/mol. The van der Waals surface area contributed by atoms with E-state index in [1.807, 2.05) is 20.0 Å². The van der Waals surface area contributed by atoms with E-state index in [1.54, 1.807) is 0 Å². The molecule has 0 bridgehead atoms. The van der Waals surface area contributed by atoms with E-state index in [-0.39, 0.29) is 0 Å². The lowest BCUT2D eigenvalue weighted by Gasteiger charge is -2.31. The first-order valence-corrected chi connectivity index (χ1v) is 6.15. The zero-order valence-corrected chi connectivity index (χ0v) is 10.5. The fraction of sp³-hybridized carbons (Fsp3) is 0.467. The summed E-state index contributed by atoms with van der Waals surface area (Å²) in [5, 5.41) is 3.39. The summed E-state index contributed by atoms with van der Waals surface area (Å²) < 4.78 is 5.69.